The molecule has 1 aliphatic rings. The Labute approximate surface area is 135 Å². The van der Waals surface area contributed by atoms with E-state index in [0.29, 0.717) is 0 Å². The van der Waals surface area contributed by atoms with Crippen LogP contribution in [-0.4, -0.2) is 12.1 Å². The SMILES string of the molecule is CCCCCCC1CC(c2ccc(CCCC)cc2)C(=O)O1. The molecule has 1 fully saturated rings. The van der Waals surface area contributed by atoms with Crippen molar-refractivity contribution in [3.63, 3.8) is 0 Å². The molecule has 2 rings (SSSR count). The summed E-state index contributed by atoms with van der Waals surface area (Å²) < 4.78 is 5.56. The molecule has 22 heavy (non-hydrogen) atoms. The molecule has 0 bridgehead atoms. The minimum absolute atomic E-state index is 0.0261. The van der Waals surface area contributed by atoms with Crippen molar-refractivity contribution in [3.8, 4) is 0 Å². The van der Waals surface area contributed by atoms with Crippen LogP contribution in [0.5, 0.6) is 0 Å². The lowest BCUT2D eigenvalue weighted by Gasteiger charge is -2.08. The highest BCUT2D eigenvalue weighted by molar-refractivity contribution is 5.80. The number of cyclic esters (lactones) is 1. The smallest absolute Gasteiger partial charge is 0.313 e. The topological polar surface area (TPSA) is 26.3 Å². The normalized spacial score (nSPS) is 21.1. The van der Waals surface area contributed by atoms with Crippen LogP contribution in [0.3, 0.4) is 0 Å². The van der Waals surface area contributed by atoms with Crippen LogP contribution < -0.4 is 0 Å². The van der Waals surface area contributed by atoms with Gasteiger partial charge >= 0.3 is 5.97 Å². The highest BCUT2D eigenvalue weighted by Crippen LogP contribution is 2.33. The standard InChI is InChI=1S/C20H30O2/c1-3-5-7-8-10-18-15-19(20(21)22-18)17-13-11-16(12-14-17)9-6-4-2/h11-14,18-19H,3-10,15H2,1-2H3. The number of aryl methyl sites for hydroxylation is 1. The average Bonchev–Trinajstić information content (AvgIpc) is 2.91. The Bertz CT molecular complexity index is 449. The molecule has 2 atom stereocenters. The van der Waals surface area contributed by atoms with Crippen LogP contribution in [0.15, 0.2) is 24.3 Å². The van der Waals surface area contributed by atoms with E-state index in [1.54, 1.807) is 0 Å². The Balaban J connectivity index is 1.85. The maximum Gasteiger partial charge on any atom is 0.313 e. The first-order valence-electron chi connectivity index (χ1n) is 9.04. The van der Waals surface area contributed by atoms with Crippen molar-refractivity contribution in [3.05, 3.63) is 35.4 Å². The van der Waals surface area contributed by atoms with Crippen molar-refractivity contribution in [2.75, 3.05) is 0 Å². The van der Waals surface area contributed by atoms with Gasteiger partial charge in [-0.05, 0) is 36.8 Å². The molecule has 0 aliphatic carbocycles. The van der Waals surface area contributed by atoms with E-state index < -0.39 is 0 Å². The summed E-state index contributed by atoms with van der Waals surface area (Å²) in [4.78, 5) is 12.1. The van der Waals surface area contributed by atoms with Gasteiger partial charge in [0.15, 0.2) is 0 Å². The zero-order chi connectivity index (χ0) is 15.8. The Kier molecular flexibility index (Phi) is 6.95. The first kappa shape index (κ1) is 17.1. The summed E-state index contributed by atoms with van der Waals surface area (Å²) in [5, 5.41) is 0. The average molecular weight is 302 g/mol. The van der Waals surface area contributed by atoms with Gasteiger partial charge in [-0.1, -0.05) is 63.8 Å². The van der Waals surface area contributed by atoms with E-state index in [4.69, 9.17) is 4.74 Å². The number of hydrogen-bond donors (Lipinski definition) is 0. The molecule has 0 N–H and O–H groups in total. The zero-order valence-corrected chi connectivity index (χ0v) is 14.1. The summed E-state index contributed by atoms with van der Waals surface area (Å²) in [6.07, 6.45) is 10.5. The molecule has 1 aliphatic heterocycles. The Morgan fingerprint density at radius 2 is 1.73 bits per heavy atom. The molecule has 1 aromatic carbocycles. The molecular formula is C20H30O2. The van der Waals surface area contributed by atoms with E-state index in [9.17, 15) is 4.79 Å². The van der Waals surface area contributed by atoms with Gasteiger partial charge in [0.1, 0.15) is 6.10 Å². The van der Waals surface area contributed by atoms with E-state index in [0.717, 1.165) is 24.8 Å². The van der Waals surface area contributed by atoms with Crippen molar-refractivity contribution >= 4 is 5.97 Å². The third-order valence-corrected chi connectivity index (χ3v) is 4.65. The number of ether oxygens (including phenoxy) is 1. The molecule has 0 radical (unpaired) electrons. The molecule has 0 aromatic heterocycles. The minimum Gasteiger partial charge on any atom is -0.462 e. The predicted octanol–water partition coefficient (Wildman–Crippen LogP) is 5.40. The lowest BCUT2D eigenvalue weighted by molar-refractivity contribution is -0.142. The molecule has 122 valence electrons. The first-order chi connectivity index (χ1) is 10.7. The maximum absolute atomic E-state index is 12.1. The van der Waals surface area contributed by atoms with Crippen LogP contribution in [0.4, 0.5) is 0 Å². The summed E-state index contributed by atoms with van der Waals surface area (Å²) in [5.74, 6) is -0.0711. The van der Waals surface area contributed by atoms with Crippen LogP contribution in [0.2, 0.25) is 0 Å². The molecule has 0 amide bonds. The first-order valence-corrected chi connectivity index (χ1v) is 9.04. The molecule has 1 aromatic rings. The number of benzene rings is 1. The molecule has 1 saturated heterocycles. The molecule has 0 spiro atoms. The van der Waals surface area contributed by atoms with Gasteiger partial charge in [-0.2, -0.15) is 0 Å². The third kappa shape index (κ3) is 4.86. The summed E-state index contributed by atoms with van der Waals surface area (Å²) in [6, 6.07) is 8.59. The second-order valence-electron chi connectivity index (χ2n) is 6.54. The van der Waals surface area contributed by atoms with Crippen LogP contribution in [-0.2, 0) is 16.0 Å². The molecule has 2 unspecified atom stereocenters. The van der Waals surface area contributed by atoms with Crippen molar-refractivity contribution in [1.29, 1.82) is 0 Å². The van der Waals surface area contributed by atoms with E-state index in [1.165, 1.54) is 44.1 Å². The second kappa shape index (κ2) is 8.97. The molecule has 0 saturated carbocycles. The number of carbonyl (C=O) groups is 1. The Hall–Kier alpha value is -1.31. The van der Waals surface area contributed by atoms with Gasteiger partial charge in [-0.15, -0.1) is 0 Å². The van der Waals surface area contributed by atoms with Crippen molar-refractivity contribution in [2.45, 2.75) is 83.7 Å². The minimum atomic E-state index is -0.0450. The Morgan fingerprint density at radius 3 is 2.41 bits per heavy atom. The number of esters is 1. The van der Waals surface area contributed by atoms with E-state index in [-0.39, 0.29) is 18.0 Å². The third-order valence-electron chi connectivity index (χ3n) is 4.65. The van der Waals surface area contributed by atoms with Crippen molar-refractivity contribution in [2.24, 2.45) is 0 Å². The van der Waals surface area contributed by atoms with Crippen LogP contribution in [0.1, 0.15) is 82.3 Å². The summed E-state index contributed by atoms with van der Waals surface area (Å²) in [5.41, 5.74) is 2.49. The highest BCUT2D eigenvalue weighted by atomic mass is 16.5. The van der Waals surface area contributed by atoms with E-state index in [2.05, 4.69) is 38.1 Å². The lowest BCUT2D eigenvalue weighted by atomic mass is 9.93. The quantitative estimate of drug-likeness (QED) is 0.451. The van der Waals surface area contributed by atoms with Gasteiger partial charge in [0.05, 0.1) is 5.92 Å². The van der Waals surface area contributed by atoms with Gasteiger partial charge in [-0.25, -0.2) is 0 Å². The summed E-state index contributed by atoms with van der Waals surface area (Å²) in [6.45, 7) is 4.43. The van der Waals surface area contributed by atoms with E-state index >= 15 is 0 Å². The second-order valence-corrected chi connectivity index (χ2v) is 6.54. The predicted molar refractivity (Wildman–Crippen MR) is 91.1 cm³/mol. The number of rotatable bonds is 9. The number of carbonyl (C=O) groups excluding carboxylic acids is 1. The van der Waals surface area contributed by atoms with Gasteiger partial charge in [0.25, 0.3) is 0 Å². The van der Waals surface area contributed by atoms with Crippen LogP contribution >= 0.6 is 0 Å². The molecule has 2 nitrogen and oxygen atoms in total. The van der Waals surface area contributed by atoms with Gasteiger partial charge in [0.2, 0.25) is 0 Å². The van der Waals surface area contributed by atoms with E-state index in [1.807, 2.05) is 0 Å². The fourth-order valence-electron chi connectivity index (χ4n) is 3.20. The molecule has 2 heteroatoms. The maximum atomic E-state index is 12.1. The highest BCUT2D eigenvalue weighted by Gasteiger charge is 2.34. The zero-order valence-electron chi connectivity index (χ0n) is 14.1. The van der Waals surface area contributed by atoms with Gasteiger partial charge in [-0.3, -0.25) is 4.79 Å². The molecule has 1 heterocycles. The largest absolute Gasteiger partial charge is 0.462 e. The van der Waals surface area contributed by atoms with Crippen LogP contribution in [0.25, 0.3) is 0 Å². The fraction of sp³-hybridized carbons (Fsp3) is 0.650. The van der Waals surface area contributed by atoms with Crippen LogP contribution in [0, 0.1) is 0 Å². The summed E-state index contributed by atoms with van der Waals surface area (Å²) in [7, 11) is 0. The van der Waals surface area contributed by atoms with Gasteiger partial charge < -0.3 is 4.74 Å². The summed E-state index contributed by atoms with van der Waals surface area (Å²) >= 11 is 0. The van der Waals surface area contributed by atoms with Crippen molar-refractivity contribution < 1.29 is 9.53 Å². The molecular weight excluding hydrogens is 272 g/mol. The lowest BCUT2D eigenvalue weighted by Crippen LogP contribution is -2.06. The van der Waals surface area contributed by atoms with Gasteiger partial charge in [0, 0.05) is 6.42 Å². The Morgan fingerprint density at radius 1 is 1.00 bits per heavy atom. The fourth-order valence-corrected chi connectivity index (χ4v) is 3.20. The monoisotopic (exact) mass is 302 g/mol. The number of unbranched alkanes of at least 4 members (excludes halogenated alkanes) is 4. The number of hydrogen-bond acceptors (Lipinski definition) is 2. The van der Waals surface area contributed by atoms with Crippen molar-refractivity contribution in [1.82, 2.24) is 0 Å².